The standard InChI is InChI=1S/C18H34N2O4/c1-3-5-17(21)15-24-13-12-23-11-8-19-18(22)14-16-6-9-20(4-2)10-7-16/h16H,3-15H2,1-2H3,(H,19,22). The van der Waals surface area contributed by atoms with Crippen LogP contribution in [0.4, 0.5) is 0 Å². The lowest BCUT2D eigenvalue weighted by atomic mass is 9.93. The average Bonchev–Trinajstić information content (AvgIpc) is 2.58. The molecule has 6 heteroatoms. The molecule has 1 aliphatic heterocycles. The predicted octanol–water partition coefficient (Wildman–Crippen LogP) is 1.63. The second-order valence-corrected chi connectivity index (χ2v) is 6.39. The molecule has 6 nitrogen and oxygen atoms in total. The summed E-state index contributed by atoms with van der Waals surface area (Å²) in [6.45, 7) is 9.52. The topological polar surface area (TPSA) is 67.9 Å². The van der Waals surface area contributed by atoms with Crippen LogP contribution in [0.15, 0.2) is 0 Å². The first-order valence-corrected chi connectivity index (χ1v) is 9.31. The maximum atomic E-state index is 11.9. The number of piperidine rings is 1. The summed E-state index contributed by atoms with van der Waals surface area (Å²) < 4.78 is 10.6. The van der Waals surface area contributed by atoms with E-state index in [1.54, 1.807) is 0 Å². The summed E-state index contributed by atoms with van der Waals surface area (Å²) in [7, 11) is 0. The molecule has 1 amide bonds. The number of rotatable bonds is 13. The molecule has 0 atom stereocenters. The second kappa shape index (κ2) is 13.3. The zero-order chi connectivity index (χ0) is 17.6. The number of hydrogen-bond donors (Lipinski definition) is 1. The highest BCUT2D eigenvalue weighted by Gasteiger charge is 2.20. The lowest BCUT2D eigenvalue weighted by molar-refractivity contribution is -0.124. The third-order valence-corrected chi connectivity index (χ3v) is 4.36. The third kappa shape index (κ3) is 10.0. The molecule has 0 aromatic carbocycles. The van der Waals surface area contributed by atoms with Crippen molar-refractivity contribution in [3.8, 4) is 0 Å². The van der Waals surface area contributed by atoms with Crippen LogP contribution in [-0.4, -0.2) is 69.2 Å². The van der Waals surface area contributed by atoms with Gasteiger partial charge in [-0.05, 0) is 44.8 Å². The summed E-state index contributed by atoms with van der Waals surface area (Å²) in [6.07, 6.45) is 4.29. The van der Waals surface area contributed by atoms with Gasteiger partial charge in [0.05, 0.1) is 19.8 Å². The van der Waals surface area contributed by atoms with Crippen molar-refractivity contribution in [1.29, 1.82) is 0 Å². The Hall–Kier alpha value is -0.980. The molecule has 1 rings (SSSR count). The van der Waals surface area contributed by atoms with Crippen LogP contribution in [0.2, 0.25) is 0 Å². The molecule has 1 aliphatic rings. The van der Waals surface area contributed by atoms with Crippen molar-refractivity contribution in [2.24, 2.45) is 5.92 Å². The highest BCUT2D eigenvalue weighted by Crippen LogP contribution is 2.19. The zero-order valence-corrected chi connectivity index (χ0v) is 15.3. The van der Waals surface area contributed by atoms with E-state index in [-0.39, 0.29) is 18.3 Å². The molecule has 0 spiro atoms. The van der Waals surface area contributed by atoms with Crippen LogP contribution in [0.5, 0.6) is 0 Å². The Morgan fingerprint density at radius 1 is 1.08 bits per heavy atom. The number of ketones is 1. The third-order valence-electron chi connectivity index (χ3n) is 4.36. The van der Waals surface area contributed by atoms with Crippen molar-refractivity contribution in [2.45, 2.75) is 46.0 Å². The van der Waals surface area contributed by atoms with Gasteiger partial charge in [0.15, 0.2) is 5.78 Å². The minimum absolute atomic E-state index is 0.120. The van der Waals surface area contributed by atoms with E-state index >= 15 is 0 Å². The summed E-state index contributed by atoms with van der Waals surface area (Å²) in [5.41, 5.74) is 0. The van der Waals surface area contributed by atoms with E-state index in [1.807, 2.05) is 6.92 Å². The number of hydrogen-bond acceptors (Lipinski definition) is 5. The van der Waals surface area contributed by atoms with E-state index in [0.29, 0.717) is 45.1 Å². The lowest BCUT2D eigenvalue weighted by Gasteiger charge is -2.30. The van der Waals surface area contributed by atoms with Crippen LogP contribution in [0.25, 0.3) is 0 Å². The molecule has 0 saturated carbocycles. The first kappa shape index (κ1) is 21.1. The van der Waals surface area contributed by atoms with E-state index in [9.17, 15) is 9.59 Å². The molecule has 1 N–H and O–H groups in total. The quantitative estimate of drug-likeness (QED) is 0.515. The Balaban J connectivity index is 1.90. The van der Waals surface area contributed by atoms with E-state index < -0.39 is 0 Å². The minimum Gasteiger partial charge on any atom is -0.377 e. The Labute approximate surface area is 146 Å². The van der Waals surface area contributed by atoms with Gasteiger partial charge in [-0.15, -0.1) is 0 Å². The van der Waals surface area contributed by atoms with Gasteiger partial charge in [0, 0.05) is 19.4 Å². The summed E-state index contributed by atoms with van der Waals surface area (Å²) in [5, 5.41) is 2.91. The Morgan fingerprint density at radius 2 is 1.79 bits per heavy atom. The van der Waals surface area contributed by atoms with Crippen LogP contribution in [0.3, 0.4) is 0 Å². The fourth-order valence-corrected chi connectivity index (χ4v) is 2.86. The summed E-state index contributed by atoms with van der Waals surface area (Å²) in [6, 6.07) is 0. The molecule has 1 heterocycles. The molecule has 0 aliphatic carbocycles. The van der Waals surface area contributed by atoms with Gasteiger partial charge < -0.3 is 19.7 Å². The first-order valence-electron chi connectivity index (χ1n) is 9.31. The van der Waals surface area contributed by atoms with Crippen molar-refractivity contribution in [1.82, 2.24) is 10.2 Å². The largest absolute Gasteiger partial charge is 0.377 e. The molecule has 0 bridgehead atoms. The van der Waals surface area contributed by atoms with E-state index in [1.165, 1.54) is 0 Å². The Bertz CT molecular complexity index is 355. The minimum atomic E-state index is 0.120. The van der Waals surface area contributed by atoms with Gasteiger partial charge in [0.1, 0.15) is 6.61 Å². The monoisotopic (exact) mass is 342 g/mol. The fourth-order valence-electron chi connectivity index (χ4n) is 2.86. The molecule has 1 fully saturated rings. The highest BCUT2D eigenvalue weighted by atomic mass is 16.5. The zero-order valence-electron chi connectivity index (χ0n) is 15.3. The number of amides is 1. The average molecular weight is 342 g/mol. The van der Waals surface area contributed by atoms with Crippen molar-refractivity contribution in [2.75, 3.05) is 52.6 Å². The second-order valence-electron chi connectivity index (χ2n) is 6.39. The summed E-state index contributed by atoms with van der Waals surface area (Å²) in [4.78, 5) is 25.6. The Morgan fingerprint density at radius 3 is 2.46 bits per heavy atom. The molecule has 0 unspecified atom stereocenters. The number of nitrogens with one attached hydrogen (secondary N) is 1. The maximum absolute atomic E-state index is 11.9. The maximum Gasteiger partial charge on any atom is 0.220 e. The SMILES string of the molecule is CCCC(=O)COCCOCCNC(=O)CC1CCN(CC)CC1. The van der Waals surface area contributed by atoms with Gasteiger partial charge in [0.25, 0.3) is 0 Å². The van der Waals surface area contributed by atoms with Crippen molar-refractivity contribution >= 4 is 11.7 Å². The summed E-state index contributed by atoms with van der Waals surface area (Å²) >= 11 is 0. The molecule has 0 aromatic heterocycles. The lowest BCUT2D eigenvalue weighted by Crippen LogP contribution is -2.36. The molecule has 1 saturated heterocycles. The summed E-state index contributed by atoms with van der Waals surface area (Å²) in [5.74, 6) is 0.771. The number of carbonyl (C=O) groups is 2. The van der Waals surface area contributed by atoms with Crippen molar-refractivity contribution in [3.05, 3.63) is 0 Å². The van der Waals surface area contributed by atoms with Crippen molar-refractivity contribution < 1.29 is 19.1 Å². The van der Waals surface area contributed by atoms with Crippen LogP contribution in [0.1, 0.15) is 46.0 Å². The number of Topliss-reactive ketones (excluding diaryl/α,β-unsaturated/α-hetero) is 1. The predicted molar refractivity (Wildman–Crippen MR) is 94.0 cm³/mol. The molecule has 0 radical (unpaired) electrons. The molecule has 140 valence electrons. The van der Waals surface area contributed by atoms with Crippen LogP contribution >= 0.6 is 0 Å². The molecular weight excluding hydrogens is 308 g/mol. The first-order chi connectivity index (χ1) is 11.7. The van der Waals surface area contributed by atoms with Crippen molar-refractivity contribution in [3.63, 3.8) is 0 Å². The molecule has 24 heavy (non-hydrogen) atoms. The number of nitrogens with zero attached hydrogens (tertiary/aromatic N) is 1. The van der Waals surface area contributed by atoms with Gasteiger partial charge >= 0.3 is 0 Å². The van der Waals surface area contributed by atoms with Gasteiger partial charge in [-0.1, -0.05) is 13.8 Å². The van der Waals surface area contributed by atoms with Gasteiger partial charge in [-0.3, -0.25) is 9.59 Å². The van der Waals surface area contributed by atoms with Gasteiger partial charge in [-0.2, -0.15) is 0 Å². The van der Waals surface area contributed by atoms with Crippen LogP contribution < -0.4 is 5.32 Å². The Kier molecular flexibility index (Phi) is 11.7. The number of carbonyl (C=O) groups excluding carboxylic acids is 2. The molecular formula is C18H34N2O4. The normalized spacial score (nSPS) is 16.2. The van der Waals surface area contributed by atoms with Gasteiger partial charge in [0.2, 0.25) is 5.91 Å². The van der Waals surface area contributed by atoms with Gasteiger partial charge in [-0.25, -0.2) is 0 Å². The van der Waals surface area contributed by atoms with E-state index in [2.05, 4.69) is 17.1 Å². The van der Waals surface area contributed by atoms with Crippen LogP contribution in [0, 0.1) is 5.92 Å². The van der Waals surface area contributed by atoms with E-state index in [4.69, 9.17) is 9.47 Å². The fraction of sp³-hybridized carbons (Fsp3) is 0.889. The number of ether oxygens (including phenoxy) is 2. The van der Waals surface area contributed by atoms with E-state index in [0.717, 1.165) is 38.9 Å². The highest BCUT2D eigenvalue weighted by molar-refractivity contribution is 5.79. The molecule has 0 aromatic rings. The van der Waals surface area contributed by atoms with Crippen LogP contribution in [-0.2, 0) is 19.1 Å². The number of likely N-dealkylation sites (tertiary alicyclic amines) is 1. The smallest absolute Gasteiger partial charge is 0.220 e.